The number of rotatable bonds is 4. The number of aromatic nitrogens is 2. The maximum absolute atomic E-state index is 12.6. The van der Waals surface area contributed by atoms with Gasteiger partial charge in [0, 0.05) is 36.8 Å². The van der Waals surface area contributed by atoms with Gasteiger partial charge in [-0.3, -0.25) is 14.8 Å². The zero-order valence-electron chi connectivity index (χ0n) is 13.3. The average molecular weight is 333 g/mol. The third-order valence-corrected chi connectivity index (χ3v) is 4.40. The summed E-state index contributed by atoms with van der Waals surface area (Å²) in [5.41, 5.74) is 2.24. The van der Waals surface area contributed by atoms with Crippen molar-refractivity contribution in [1.82, 2.24) is 20.0 Å². The van der Waals surface area contributed by atoms with Crippen LogP contribution in [0, 0.1) is 0 Å². The van der Waals surface area contributed by atoms with Crippen molar-refractivity contribution in [2.75, 3.05) is 32.7 Å². The van der Waals surface area contributed by atoms with Crippen molar-refractivity contribution < 1.29 is 4.79 Å². The van der Waals surface area contributed by atoms with Gasteiger partial charge >= 0.3 is 0 Å². The fraction of sp³-hybridized carbons (Fsp3) is 0.412. The standard InChI is InChI=1S/C17H21ClN4O/c1-2-7-21-8-10-22(11-9-21)17(23)16-12-15(19-20-16)13-3-5-14(18)6-4-13/h3-6,12H,2,7-11H2,1H3,(H,19,20). The van der Waals surface area contributed by atoms with Crippen molar-refractivity contribution in [3.8, 4) is 11.3 Å². The highest BCUT2D eigenvalue weighted by molar-refractivity contribution is 6.30. The van der Waals surface area contributed by atoms with Gasteiger partial charge < -0.3 is 4.90 Å². The van der Waals surface area contributed by atoms with Crippen LogP contribution < -0.4 is 0 Å². The lowest BCUT2D eigenvalue weighted by molar-refractivity contribution is 0.0631. The van der Waals surface area contributed by atoms with Crippen LogP contribution in [0.25, 0.3) is 11.3 Å². The minimum atomic E-state index is 0.0221. The van der Waals surface area contributed by atoms with Crippen LogP contribution in [-0.4, -0.2) is 58.6 Å². The predicted molar refractivity (Wildman–Crippen MR) is 91.7 cm³/mol. The van der Waals surface area contributed by atoms with Gasteiger partial charge in [-0.05, 0) is 31.2 Å². The van der Waals surface area contributed by atoms with Gasteiger partial charge in [0.2, 0.25) is 0 Å². The molecule has 1 aromatic heterocycles. The Labute approximate surface area is 141 Å². The van der Waals surface area contributed by atoms with Crippen molar-refractivity contribution in [2.24, 2.45) is 0 Å². The second kappa shape index (κ2) is 7.15. The molecule has 1 N–H and O–H groups in total. The van der Waals surface area contributed by atoms with E-state index in [-0.39, 0.29) is 5.91 Å². The molecular weight excluding hydrogens is 312 g/mol. The number of piperazine rings is 1. The van der Waals surface area contributed by atoms with Gasteiger partial charge in [0.05, 0.1) is 5.69 Å². The van der Waals surface area contributed by atoms with Crippen LogP contribution in [0.5, 0.6) is 0 Å². The molecule has 0 radical (unpaired) electrons. The summed E-state index contributed by atoms with van der Waals surface area (Å²) in [7, 11) is 0. The van der Waals surface area contributed by atoms with Crippen LogP contribution in [0.2, 0.25) is 5.02 Å². The van der Waals surface area contributed by atoms with Crippen molar-refractivity contribution in [1.29, 1.82) is 0 Å². The second-order valence-corrected chi connectivity index (χ2v) is 6.24. The first-order chi connectivity index (χ1) is 11.2. The van der Waals surface area contributed by atoms with E-state index in [1.165, 1.54) is 0 Å². The van der Waals surface area contributed by atoms with E-state index in [1.54, 1.807) is 0 Å². The van der Waals surface area contributed by atoms with E-state index in [0.29, 0.717) is 10.7 Å². The summed E-state index contributed by atoms with van der Waals surface area (Å²) < 4.78 is 0. The number of nitrogens with zero attached hydrogens (tertiary/aromatic N) is 3. The molecule has 1 aromatic carbocycles. The summed E-state index contributed by atoms with van der Waals surface area (Å²) in [6.07, 6.45) is 1.15. The molecule has 6 heteroatoms. The number of hydrogen-bond donors (Lipinski definition) is 1. The van der Waals surface area contributed by atoms with Crippen LogP contribution in [0.1, 0.15) is 23.8 Å². The Balaban J connectivity index is 1.66. The summed E-state index contributed by atoms with van der Waals surface area (Å²) in [4.78, 5) is 16.9. The third kappa shape index (κ3) is 3.74. The average Bonchev–Trinajstić information content (AvgIpc) is 3.06. The van der Waals surface area contributed by atoms with Crippen molar-refractivity contribution in [2.45, 2.75) is 13.3 Å². The third-order valence-electron chi connectivity index (χ3n) is 4.15. The molecule has 0 bridgehead atoms. The molecule has 0 unspecified atom stereocenters. The highest BCUT2D eigenvalue weighted by atomic mass is 35.5. The topological polar surface area (TPSA) is 52.2 Å². The minimum Gasteiger partial charge on any atom is -0.335 e. The van der Waals surface area contributed by atoms with Crippen molar-refractivity contribution >= 4 is 17.5 Å². The molecule has 3 rings (SSSR count). The smallest absolute Gasteiger partial charge is 0.271 e. The normalized spacial score (nSPS) is 15.8. The van der Waals surface area contributed by atoms with Crippen LogP contribution >= 0.6 is 11.6 Å². The molecule has 5 nitrogen and oxygen atoms in total. The summed E-state index contributed by atoms with van der Waals surface area (Å²) in [5, 5.41) is 7.80. The van der Waals surface area contributed by atoms with Gasteiger partial charge in [0.25, 0.3) is 5.91 Å². The van der Waals surface area contributed by atoms with Gasteiger partial charge in [0.15, 0.2) is 0 Å². The molecule has 0 spiro atoms. The van der Waals surface area contributed by atoms with Crippen LogP contribution in [0.3, 0.4) is 0 Å². The molecule has 2 heterocycles. The van der Waals surface area contributed by atoms with E-state index in [9.17, 15) is 4.79 Å². The Morgan fingerprint density at radius 3 is 2.57 bits per heavy atom. The number of benzene rings is 1. The highest BCUT2D eigenvalue weighted by Gasteiger charge is 2.23. The fourth-order valence-corrected chi connectivity index (χ4v) is 2.99. The summed E-state index contributed by atoms with van der Waals surface area (Å²) in [6, 6.07) is 9.25. The molecule has 0 saturated carbocycles. The minimum absolute atomic E-state index is 0.0221. The Hall–Kier alpha value is -1.85. The number of H-pyrrole nitrogens is 1. The maximum Gasteiger partial charge on any atom is 0.271 e. The first-order valence-corrected chi connectivity index (χ1v) is 8.38. The summed E-state index contributed by atoms with van der Waals surface area (Å²) in [6.45, 7) is 6.71. The molecule has 1 fully saturated rings. The molecule has 23 heavy (non-hydrogen) atoms. The molecule has 1 aliphatic rings. The number of carbonyl (C=O) groups excluding carboxylic acids is 1. The number of carbonyl (C=O) groups is 1. The van der Waals surface area contributed by atoms with Crippen LogP contribution in [0.15, 0.2) is 30.3 Å². The lowest BCUT2D eigenvalue weighted by Gasteiger charge is -2.34. The van der Waals surface area contributed by atoms with Crippen LogP contribution in [-0.2, 0) is 0 Å². The number of nitrogens with one attached hydrogen (secondary N) is 1. The Morgan fingerprint density at radius 1 is 1.22 bits per heavy atom. The van der Waals surface area contributed by atoms with E-state index in [4.69, 9.17) is 11.6 Å². The number of amides is 1. The summed E-state index contributed by atoms with van der Waals surface area (Å²) >= 11 is 5.90. The van der Waals surface area contributed by atoms with Gasteiger partial charge in [-0.2, -0.15) is 5.10 Å². The predicted octanol–water partition coefficient (Wildman–Crippen LogP) is 2.90. The van der Waals surface area contributed by atoms with Gasteiger partial charge in [-0.25, -0.2) is 0 Å². The SMILES string of the molecule is CCCN1CCN(C(=O)c2cc(-c3ccc(Cl)cc3)n[nH]2)CC1. The maximum atomic E-state index is 12.6. The number of halogens is 1. The molecule has 0 aliphatic carbocycles. The first-order valence-electron chi connectivity index (χ1n) is 8.00. The molecule has 1 aliphatic heterocycles. The lowest BCUT2D eigenvalue weighted by atomic mass is 10.1. The Bertz CT molecular complexity index is 659. The quantitative estimate of drug-likeness (QED) is 0.936. The zero-order chi connectivity index (χ0) is 16.2. The van der Waals surface area contributed by atoms with E-state index in [2.05, 4.69) is 22.0 Å². The zero-order valence-corrected chi connectivity index (χ0v) is 14.0. The van der Waals surface area contributed by atoms with Crippen molar-refractivity contribution in [3.05, 3.63) is 41.0 Å². The van der Waals surface area contributed by atoms with Gasteiger partial charge in [-0.1, -0.05) is 30.7 Å². The Morgan fingerprint density at radius 2 is 1.91 bits per heavy atom. The Kier molecular flexibility index (Phi) is 4.98. The molecular formula is C17H21ClN4O. The lowest BCUT2D eigenvalue weighted by Crippen LogP contribution is -2.48. The van der Waals surface area contributed by atoms with E-state index in [1.807, 2.05) is 35.2 Å². The first kappa shape index (κ1) is 16.0. The highest BCUT2D eigenvalue weighted by Crippen LogP contribution is 2.21. The van der Waals surface area contributed by atoms with E-state index >= 15 is 0 Å². The second-order valence-electron chi connectivity index (χ2n) is 5.81. The van der Waals surface area contributed by atoms with E-state index < -0.39 is 0 Å². The van der Waals surface area contributed by atoms with Crippen molar-refractivity contribution in [3.63, 3.8) is 0 Å². The molecule has 1 amide bonds. The number of aromatic amines is 1. The molecule has 122 valence electrons. The fourth-order valence-electron chi connectivity index (χ4n) is 2.86. The monoisotopic (exact) mass is 332 g/mol. The van der Waals surface area contributed by atoms with Gasteiger partial charge in [0.1, 0.15) is 5.69 Å². The molecule has 2 aromatic rings. The molecule has 1 saturated heterocycles. The summed E-state index contributed by atoms with van der Waals surface area (Å²) in [5.74, 6) is 0.0221. The van der Waals surface area contributed by atoms with Gasteiger partial charge in [-0.15, -0.1) is 0 Å². The van der Waals surface area contributed by atoms with E-state index in [0.717, 1.165) is 50.4 Å². The largest absolute Gasteiger partial charge is 0.335 e. The molecule has 0 atom stereocenters. The number of hydrogen-bond acceptors (Lipinski definition) is 3. The van der Waals surface area contributed by atoms with Crippen LogP contribution in [0.4, 0.5) is 0 Å².